The first kappa shape index (κ1) is 48.3. The van der Waals surface area contributed by atoms with Crippen molar-refractivity contribution in [1.82, 2.24) is 0 Å². The molecule has 12 nitrogen and oxygen atoms in total. The first-order valence-corrected chi connectivity index (χ1v) is 21.0. The lowest BCUT2D eigenvalue weighted by Crippen LogP contribution is -2.64. The number of ether oxygens (including phenoxy) is 2. The first-order chi connectivity index (χ1) is 25.0. The summed E-state index contributed by atoms with van der Waals surface area (Å²) in [6.07, 6.45) is 22.1. The van der Waals surface area contributed by atoms with Gasteiger partial charge in [-0.05, 0) is 44.9 Å². The number of hydrogen-bond acceptors (Lipinski definition) is 11. The van der Waals surface area contributed by atoms with Crippen molar-refractivity contribution in [3.05, 3.63) is 48.6 Å². The molecule has 0 aromatic heterocycles. The molecule has 0 aromatic rings. The zero-order valence-corrected chi connectivity index (χ0v) is 32.5. The highest BCUT2D eigenvalue weighted by atomic mass is 31.2. The Morgan fingerprint density at radius 1 is 0.635 bits per heavy atom. The van der Waals surface area contributed by atoms with Crippen molar-refractivity contribution in [3.8, 4) is 0 Å². The van der Waals surface area contributed by atoms with Gasteiger partial charge >= 0.3 is 13.8 Å². The molecule has 0 saturated heterocycles. The lowest BCUT2D eigenvalue weighted by Gasteiger charge is -2.41. The number of phosphoric ester groups is 1. The summed E-state index contributed by atoms with van der Waals surface area (Å²) in [5.41, 5.74) is 0. The van der Waals surface area contributed by atoms with E-state index in [1.807, 2.05) is 0 Å². The largest absolute Gasteiger partial charge is 0.472 e. The van der Waals surface area contributed by atoms with Gasteiger partial charge in [0.15, 0.2) is 0 Å². The Balaban J connectivity index is 2.52. The van der Waals surface area contributed by atoms with Gasteiger partial charge in [-0.2, -0.15) is 0 Å². The summed E-state index contributed by atoms with van der Waals surface area (Å²) in [4.78, 5) is 23.0. The van der Waals surface area contributed by atoms with Gasteiger partial charge in [-0.15, -0.1) is 0 Å². The Morgan fingerprint density at radius 3 is 1.65 bits per heavy atom. The van der Waals surface area contributed by atoms with Crippen LogP contribution in [0.15, 0.2) is 48.6 Å². The van der Waals surface area contributed by atoms with Crippen LogP contribution in [0.25, 0.3) is 0 Å². The van der Waals surface area contributed by atoms with Crippen LogP contribution in [0.1, 0.15) is 129 Å². The summed E-state index contributed by atoms with van der Waals surface area (Å²) in [7, 11) is -5.02. The average molecular weight is 761 g/mol. The predicted octanol–water partition coefficient (Wildman–Crippen LogP) is 6.52. The molecule has 1 fully saturated rings. The maximum atomic E-state index is 12.7. The van der Waals surface area contributed by atoms with Gasteiger partial charge in [-0.25, -0.2) is 4.57 Å². The number of esters is 1. The Kier molecular flexibility index (Phi) is 28.4. The third-order valence-electron chi connectivity index (χ3n) is 8.72. The predicted molar refractivity (Wildman–Crippen MR) is 202 cm³/mol. The SMILES string of the molecule is CC/C=C\C/C=C\C/C=C\C/C=C\CCCOCC(COP(=O)(O)OC1C(O)C(O)C(O)C(O)C1O)OC(=O)CCCCCCCCCCCCC. The quantitative estimate of drug-likeness (QED) is 0.0194. The second-order valence-electron chi connectivity index (χ2n) is 13.4. The van der Waals surface area contributed by atoms with Crippen LogP contribution in [-0.2, 0) is 27.9 Å². The molecule has 1 rings (SSSR count). The third-order valence-corrected chi connectivity index (χ3v) is 9.70. The molecule has 1 aliphatic carbocycles. The van der Waals surface area contributed by atoms with Crippen LogP contribution in [0.3, 0.4) is 0 Å². The molecule has 302 valence electrons. The van der Waals surface area contributed by atoms with E-state index in [4.69, 9.17) is 18.5 Å². The standard InChI is InChI=1S/C39H69O12P/c1-3-5-7-9-11-13-15-16-17-19-21-23-25-27-29-48-30-32(50-33(40)28-26-24-22-20-18-14-12-10-8-6-4-2)31-49-52(46,47)51-39-37(44)35(42)34(41)36(43)38(39)45/h5,7,11,13,16-17,21,23,32,34-39,41-45H,3-4,6,8-10,12,14-15,18-20,22,24-31H2,1-2H3,(H,46,47)/b7-5-,13-11-,17-16-,23-21-. The highest BCUT2D eigenvalue weighted by Gasteiger charge is 2.51. The van der Waals surface area contributed by atoms with E-state index in [0.717, 1.165) is 51.4 Å². The zero-order valence-electron chi connectivity index (χ0n) is 31.6. The number of carbonyl (C=O) groups excluding carboxylic acids is 1. The molecule has 0 aliphatic heterocycles. The Hall–Kier alpha value is -1.70. The van der Waals surface area contributed by atoms with Crippen LogP contribution in [0.4, 0.5) is 0 Å². The fourth-order valence-corrected chi connectivity index (χ4v) is 6.57. The summed E-state index contributed by atoms with van der Waals surface area (Å²) in [5, 5.41) is 49.9. The highest BCUT2D eigenvalue weighted by Crippen LogP contribution is 2.47. The fourth-order valence-electron chi connectivity index (χ4n) is 5.59. The van der Waals surface area contributed by atoms with Crippen molar-refractivity contribution in [2.45, 2.75) is 172 Å². The van der Waals surface area contributed by atoms with Gasteiger partial charge in [0.2, 0.25) is 0 Å². The molecule has 0 aromatic carbocycles. The molecule has 52 heavy (non-hydrogen) atoms. The van der Waals surface area contributed by atoms with Crippen molar-refractivity contribution in [2.24, 2.45) is 0 Å². The first-order valence-electron chi connectivity index (χ1n) is 19.5. The number of rotatable bonds is 31. The van der Waals surface area contributed by atoms with Gasteiger partial charge in [0, 0.05) is 13.0 Å². The van der Waals surface area contributed by atoms with E-state index in [2.05, 4.69) is 62.5 Å². The van der Waals surface area contributed by atoms with Crippen molar-refractivity contribution >= 4 is 13.8 Å². The summed E-state index contributed by atoms with van der Waals surface area (Å²) in [6, 6.07) is 0. The van der Waals surface area contributed by atoms with Gasteiger partial charge in [-0.3, -0.25) is 13.8 Å². The highest BCUT2D eigenvalue weighted by molar-refractivity contribution is 7.47. The minimum Gasteiger partial charge on any atom is -0.457 e. The molecule has 1 aliphatic rings. The second kappa shape index (κ2) is 30.6. The van der Waals surface area contributed by atoms with E-state index in [9.17, 15) is 39.8 Å². The van der Waals surface area contributed by atoms with Crippen molar-refractivity contribution in [3.63, 3.8) is 0 Å². The number of hydrogen-bond donors (Lipinski definition) is 6. The van der Waals surface area contributed by atoms with Crippen molar-refractivity contribution in [2.75, 3.05) is 19.8 Å². The molecular weight excluding hydrogens is 691 g/mol. The molecule has 13 heteroatoms. The molecule has 6 unspecified atom stereocenters. The lowest BCUT2D eigenvalue weighted by atomic mass is 9.85. The smallest absolute Gasteiger partial charge is 0.457 e. The van der Waals surface area contributed by atoms with Gasteiger partial charge in [0.25, 0.3) is 0 Å². The number of allylic oxidation sites excluding steroid dienone is 8. The number of aliphatic hydroxyl groups excluding tert-OH is 5. The van der Waals surface area contributed by atoms with E-state index < -0.39 is 63.1 Å². The number of carbonyl (C=O) groups is 1. The van der Waals surface area contributed by atoms with Crippen LogP contribution in [0, 0.1) is 0 Å². The summed E-state index contributed by atoms with van der Waals surface area (Å²) in [5.74, 6) is -0.500. The summed E-state index contributed by atoms with van der Waals surface area (Å²) in [6.45, 7) is 3.96. The number of unbranched alkanes of at least 4 members (excludes halogenated alkanes) is 11. The van der Waals surface area contributed by atoms with Crippen molar-refractivity contribution < 1.29 is 58.3 Å². The Bertz CT molecular complexity index is 1050. The number of aliphatic hydroxyl groups is 5. The van der Waals surface area contributed by atoms with Crippen LogP contribution >= 0.6 is 7.82 Å². The molecule has 0 bridgehead atoms. The van der Waals surface area contributed by atoms with E-state index in [1.54, 1.807) is 0 Å². The van der Waals surface area contributed by atoms with Crippen LogP contribution in [0.5, 0.6) is 0 Å². The van der Waals surface area contributed by atoms with Crippen molar-refractivity contribution in [1.29, 1.82) is 0 Å². The summed E-state index contributed by atoms with van der Waals surface area (Å²) >= 11 is 0. The maximum absolute atomic E-state index is 12.7. The van der Waals surface area contributed by atoms with Gasteiger partial charge < -0.3 is 39.9 Å². The average Bonchev–Trinajstić information content (AvgIpc) is 3.12. The van der Waals surface area contributed by atoms with E-state index >= 15 is 0 Å². The zero-order chi connectivity index (χ0) is 38.5. The molecular formula is C39H69O12P. The third kappa shape index (κ3) is 23.2. The molecule has 0 heterocycles. The fraction of sp³-hybridized carbons (Fsp3) is 0.769. The van der Waals surface area contributed by atoms with Gasteiger partial charge in [-0.1, -0.05) is 127 Å². The number of phosphoric acid groups is 1. The van der Waals surface area contributed by atoms with Gasteiger partial charge in [0.05, 0.1) is 13.2 Å². The normalized spacial score (nSPS) is 24.4. The van der Waals surface area contributed by atoms with E-state index in [-0.39, 0.29) is 13.0 Å². The molecule has 0 radical (unpaired) electrons. The minimum atomic E-state index is -5.02. The topological polar surface area (TPSA) is 192 Å². The van der Waals surface area contributed by atoms with E-state index in [1.165, 1.54) is 44.9 Å². The van der Waals surface area contributed by atoms with E-state index in [0.29, 0.717) is 19.4 Å². The molecule has 0 spiro atoms. The maximum Gasteiger partial charge on any atom is 0.472 e. The molecule has 6 atom stereocenters. The molecule has 0 amide bonds. The molecule has 1 saturated carbocycles. The van der Waals surface area contributed by atoms with Crippen LogP contribution in [0.2, 0.25) is 0 Å². The minimum absolute atomic E-state index is 0.115. The van der Waals surface area contributed by atoms with Gasteiger partial charge in [0.1, 0.15) is 42.7 Å². The summed E-state index contributed by atoms with van der Waals surface area (Å²) < 4.78 is 33.9. The monoisotopic (exact) mass is 760 g/mol. The second-order valence-corrected chi connectivity index (χ2v) is 14.8. The van der Waals surface area contributed by atoms with Crippen LogP contribution < -0.4 is 0 Å². The Labute approximate surface area is 312 Å². The lowest BCUT2D eigenvalue weighted by molar-refractivity contribution is -0.220. The Morgan fingerprint density at radius 2 is 1.12 bits per heavy atom. The van der Waals surface area contributed by atoms with Crippen LogP contribution in [-0.4, -0.2) is 98.9 Å². The molecule has 6 N–H and O–H groups in total.